The van der Waals surface area contributed by atoms with Crippen molar-refractivity contribution in [3.8, 4) is 11.5 Å². The predicted molar refractivity (Wildman–Crippen MR) is 90.6 cm³/mol. The largest absolute Gasteiger partial charge is 0.490 e. The van der Waals surface area contributed by atoms with Crippen molar-refractivity contribution in [2.75, 3.05) is 19.4 Å². The van der Waals surface area contributed by atoms with Crippen LogP contribution >= 0.6 is 7.37 Å². The van der Waals surface area contributed by atoms with E-state index in [0.29, 0.717) is 0 Å². The molecule has 1 rings (SSSR count). The zero-order valence-corrected chi connectivity index (χ0v) is 15.0. The molecule has 0 fully saturated rings. The topological polar surface area (TPSA) is 177 Å². The third-order valence-electron chi connectivity index (χ3n) is 3.38. The molecule has 1 aromatic rings. The molecule has 146 valence electrons. The van der Waals surface area contributed by atoms with Crippen molar-refractivity contribution in [2.24, 2.45) is 5.73 Å². The Morgan fingerprint density at radius 3 is 2.42 bits per heavy atom. The average molecular weight is 391 g/mol. The Morgan fingerprint density at radius 1 is 1.23 bits per heavy atom. The first-order valence-corrected chi connectivity index (χ1v) is 9.59. The van der Waals surface area contributed by atoms with Crippen LogP contribution in [0.15, 0.2) is 18.2 Å². The zero-order chi connectivity index (χ0) is 19.9. The zero-order valence-electron chi connectivity index (χ0n) is 14.1. The number of ether oxygens (including phenoxy) is 2. The van der Waals surface area contributed by atoms with E-state index in [1.807, 2.05) is 0 Å². The van der Waals surface area contributed by atoms with Crippen LogP contribution < -0.4 is 15.2 Å². The second-order valence-electron chi connectivity index (χ2n) is 5.41. The molecule has 10 nitrogen and oxygen atoms in total. The first-order valence-electron chi connectivity index (χ1n) is 7.67. The predicted octanol–water partition coefficient (Wildman–Crippen LogP) is 0.612. The second-order valence-corrected chi connectivity index (χ2v) is 7.86. The maximum absolute atomic E-state index is 12.3. The van der Waals surface area contributed by atoms with Crippen LogP contribution in [0.5, 0.6) is 11.5 Å². The minimum atomic E-state index is -4.16. The van der Waals surface area contributed by atoms with E-state index in [-0.39, 0.29) is 30.1 Å². The molecule has 0 bridgehead atoms. The molecular weight excluding hydrogens is 369 g/mol. The summed E-state index contributed by atoms with van der Waals surface area (Å²) in [6.45, 7) is 1.29. The minimum absolute atomic E-state index is 0.0471. The van der Waals surface area contributed by atoms with Gasteiger partial charge < -0.3 is 35.4 Å². The number of carbonyl (C=O) groups is 2. The Kier molecular flexibility index (Phi) is 8.04. The molecule has 1 aromatic carbocycles. The Balaban J connectivity index is 2.98. The molecule has 11 heteroatoms. The number of rotatable bonds is 11. The van der Waals surface area contributed by atoms with E-state index >= 15 is 0 Å². The summed E-state index contributed by atoms with van der Waals surface area (Å²) < 4.78 is 22.7. The summed E-state index contributed by atoms with van der Waals surface area (Å²) in [5, 5.41) is 27.6. The van der Waals surface area contributed by atoms with Gasteiger partial charge in [-0.05, 0) is 31.0 Å². The van der Waals surface area contributed by atoms with Crippen LogP contribution in [-0.4, -0.2) is 57.6 Å². The molecule has 3 atom stereocenters. The monoisotopic (exact) mass is 391 g/mol. The van der Waals surface area contributed by atoms with Gasteiger partial charge in [-0.3, -0.25) is 9.36 Å². The van der Waals surface area contributed by atoms with Crippen molar-refractivity contribution in [1.82, 2.24) is 0 Å². The molecule has 6 N–H and O–H groups in total. The molecule has 0 aromatic heterocycles. The molecule has 0 saturated heterocycles. The van der Waals surface area contributed by atoms with Gasteiger partial charge in [0.25, 0.3) is 0 Å². The van der Waals surface area contributed by atoms with E-state index in [0.717, 1.165) is 0 Å². The lowest BCUT2D eigenvalue weighted by Gasteiger charge is -2.21. The number of hydrogen-bond donors (Lipinski definition) is 5. The normalized spacial score (nSPS) is 15.5. The van der Waals surface area contributed by atoms with Gasteiger partial charge in [0.15, 0.2) is 24.0 Å². The van der Waals surface area contributed by atoms with E-state index in [1.165, 1.54) is 18.2 Å². The standard InChI is InChI=1S/C15H22NO9P/c1-2-24-12-7-9(3-4-11(12)25-8-13(17)18)15(21)26(22,23)6-5-10(16)14(19)20/h3-4,7,10,15,21H,2,5-6,8,16H2,1H3,(H,17,18)(H,19,20)(H,22,23). The van der Waals surface area contributed by atoms with Crippen molar-refractivity contribution >= 4 is 19.3 Å². The van der Waals surface area contributed by atoms with E-state index < -0.39 is 44.0 Å². The van der Waals surface area contributed by atoms with Gasteiger partial charge in [-0.25, -0.2) is 4.79 Å². The summed E-state index contributed by atoms with van der Waals surface area (Å²) in [5.74, 6) is -4.07. The van der Waals surface area contributed by atoms with E-state index in [2.05, 4.69) is 0 Å². The van der Waals surface area contributed by atoms with E-state index in [9.17, 15) is 24.2 Å². The SMILES string of the molecule is CCOc1cc(C(O)P(=O)(O)CCC(N)C(=O)O)ccc1OCC(=O)O. The van der Waals surface area contributed by atoms with Gasteiger partial charge in [-0.1, -0.05) is 6.07 Å². The Hall–Kier alpha value is -2.13. The Bertz CT molecular complexity index is 694. The van der Waals surface area contributed by atoms with Crippen molar-refractivity contribution in [3.63, 3.8) is 0 Å². The highest BCUT2D eigenvalue weighted by Gasteiger charge is 2.32. The molecule has 0 amide bonds. The summed E-state index contributed by atoms with van der Waals surface area (Å²) in [5.41, 5.74) is 5.35. The van der Waals surface area contributed by atoms with Crippen molar-refractivity contribution in [3.05, 3.63) is 23.8 Å². The van der Waals surface area contributed by atoms with E-state index in [1.54, 1.807) is 6.92 Å². The number of hydrogen-bond acceptors (Lipinski definition) is 7. The first-order chi connectivity index (χ1) is 12.1. The molecule has 0 saturated carbocycles. The van der Waals surface area contributed by atoms with Gasteiger partial charge in [-0.2, -0.15) is 0 Å². The van der Waals surface area contributed by atoms with Gasteiger partial charge in [-0.15, -0.1) is 0 Å². The number of carboxylic acid groups (broad SMARTS) is 2. The molecular formula is C15H22NO9P. The number of carboxylic acids is 2. The summed E-state index contributed by atoms with van der Waals surface area (Å²) in [6, 6.07) is 2.57. The molecule has 26 heavy (non-hydrogen) atoms. The first kappa shape index (κ1) is 21.9. The van der Waals surface area contributed by atoms with Gasteiger partial charge in [0.05, 0.1) is 6.61 Å². The fourth-order valence-electron chi connectivity index (χ4n) is 2.02. The highest BCUT2D eigenvalue weighted by molar-refractivity contribution is 7.58. The molecule has 0 aliphatic heterocycles. The van der Waals surface area contributed by atoms with Gasteiger partial charge >= 0.3 is 11.9 Å². The molecule has 0 aliphatic carbocycles. The summed E-state index contributed by atoms with van der Waals surface area (Å²) in [4.78, 5) is 31.3. The van der Waals surface area contributed by atoms with Crippen LogP contribution in [-0.2, 0) is 14.2 Å². The lowest BCUT2D eigenvalue weighted by Crippen LogP contribution is -2.31. The fourth-order valence-corrected chi connectivity index (χ4v) is 3.53. The van der Waals surface area contributed by atoms with Gasteiger partial charge in [0.2, 0.25) is 7.37 Å². The minimum Gasteiger partial charge on any atom is -0.490 e. The van der Waals surface area contributed by atoms with Crippen LogP contribution in [0.25, 0.3) is 0 Å². The second kappa shape index (κ2) is 9.54. The van der Waals surface area contributed by atoms with Crippen molar-refractivity contribution in [2.45, 2.75) is 25.2 Å². The summed E-state index contributed by atoms with van der Waals surface area (Å²) in [6.07, 6.45) is -0.763. The van der Waals surface area contributed by atoms with Gasteiger partial charge in [0.1, 0.15) is 6.04 Å². The quantitative estimate of drug-likeness (QED) is 0.336. The van der Waals surface area contributed by atoms with E-state index in [4.69, 9.17) is 25.4 Å². The maximum atomic E-state index is 12.3. The van der Waals surface area contributed by atoms with Crippen LogP contribution in [0, 0.1) is 0 Å². The molecule has 0 radical (unpaired) electrons. The molecule has 0 spiro atoms. The third kappa shape index (κ3) is 6.30. The summed E-state index contributed by atoms with van der Waals surface area (Å²) in [7, 11) is -4.16. The number of aliphatic hydroxyl groups excluding tert-OH is 1. The highest BCUT2D eigenvalue weighted by atomic mass is 31.2. The lowest BCUT2D eigenvalue weighted by molar-refractivity contribution is -0.139. The number of nitrogens with two attached hydrogens (primary N) is 1. The Labute approximate surface area is 149 Å². The van der Waals surface area contributed by atoms with Crippen LogP contribution in [0.2, 0.25) is 0 Å². The number of aliphatic hydroxyl groups is 1. The fraction of sp³-hybridized carbons (Fsp3) is 0.467. The molecule has 0 heterocycles. The third-order valence-corrected chi connectivity index (χ3v) is 5.34. The Morgan fingerprint density at radius 2 is 1.88 bits per heavy atom. The van der Waals surface area contributed by atoms with Crippen LogP contribution in [0.1, 0.15) is 24.8 Å². The van der Waals surface area contributed by atoms with Crippen molar-refractivity contribution < 1.29 is 43.8 Å². The maximum Gasteiger partial charge on any atom is 0.341 e. The summed E-state index contributed by atoms with van der Waals surface area (Å²) >= 11 is 0. The number of benzene rings is 1. The molecule has 0 aliphatic rings. The van der Waals surface area contributed by atoms with Gasteiger partial charge in [0, 0.05) is 6.16 Å². The van der Waals surface area contributed by atoms with Crippen LogP contribution in [0.4, 0.5) is 0 Å². The smallest absolute Gasteiger partial charge is 0.341 e. The van der Waals surface area contributed by atoms with Crippen molar-refractivity contribution in [1.29, 1.82) is 0 Å². The molecule has 3 unspecified atom stereocenters. The van der Waals surface area contributed by atoms with Crippen LogP contribution in [0.3, 0.4) is 0 Å². The number of aliphatic carboxylic acids is 2. The lowest BCUT2D eigenvalue weighted by atomic mass is 10.2. The highest BCUT2D eigenvalue weighted by Crippen LogP contribution is 2.55. The average Bonchev–Trinajstić information content (AvgIpc) is 2.57.